The lowest BCUT2D eigenvalue weighted by molar-refractivity contribution is -0.158. The van der Waals surface area contributed by atoms with Crippen LogP contribution < -0.4 is 11.2 Å². The van der Waals surface area contributed by atoms with Gasteiger partial charge in [0.15, 0.2) is 0 Å². The summed E-state index contributed by atoms with van der Waals surface area (Å²) in [5.41, 5.74) is -1.73. The summed E-state index contributed by atoms with van der Waals surface area (Å²) in [6, 6.07) is -0.801. The zero-order valence-electron chi connectivity index (χ0n) is 18.7. The Morgan fingerprint density at radius 1 is 1.36 bits per heavy atom. The zero-order valence-corrected chi connectivity index (χ0v) is 20.2. The topological polar surface area (TPSA) is 140 Å². The average molecular weight is 530 g/mol. The number of nitrogens with zero attached hydrogens (tertiary/aromatic N) is 2. The first-order valence-electron chi connectivity index (χ1n) is 10.6. The van der Waals surface area contributed by atoms with Gasteiger partial charge in [-0.1, -0.05) is 15.9 Å². The Balaban J connectivity index is 1.73. The second-order valence-corrected chi connectivity index (χ2v) is 9.43. The molecule has 12 heteroatoms. The minimum Gasteiger partial charge on any atom is -0.458 e. The van der Waals surface area contributed by atoms with Crippen LogP contribution in [0.2, 0.25) is 0 Å². The first kappa shape index (κ1) is 25.2. The molecule has 182 valence electrons. The molecule has 3 heterocycles. The van der Waals surface area contributed by atoms with Crippen LogP contribution in [-0.4, -0.2) is 68.6 Å². The number of hydrogen-bond donors (Lipinski definition) is 2. The SMILES string of the molecule is CC(C)(C)OC(=O)N1CCC[C@@H]1C(=O)O[C@H]1C[C@H](n2cc(/C=C/Br)c(=O)[nH]c2=O)O[C@@H]1CO. The molecule has 33 heavy (non-hydrogen) atoms. The van der Waals surface area contributed by atoms with Crippen molar-refractivity contribution in [1.29, 1.82) is 0 Å². The van der Waals surface area contributed by atoms with Crippen molar-refractivity contribution in [2.75, 3.05) is 13.2 Å². The Kier molecular flexibility index (Phi) is 7.80. The molecule has 0 spiro atoms. The predicted molar refractivity (Wildman–Crippen MR) is 121 cm³/mol. The van der Waals surface area contributed by atoms with Crippen molar-refractivity contribution in [3.05, 3.63) is 37.6 Å². The number of aromatic amines is 1. The molecule has 2 fully saturated rings. The van der Waals surface area contributed by atoms with E-state index in [2.05, 4.69) is 20.9 Å². The lowest BCUT2D eigenvalue weighted by Gasteiger charge is -2.28. The maximum atomic E-state index is 12.9. The van der Waals surface area contributed by atoms with Gasteiger partial charge in [-0.25, -0.2) is 14.4 Å². The number of amides is 1. The molecular formula is C21H28BrN3O8. The molecule has 0 aliphatic carbocycles. The fourth-order valence-electron chi connectivity index (χ4n) is 3.84. The third-order valence-electron chi connectivity index (χ3n) is 5.33. The molecule has 2 aliphatic rings. The first-order valence-corrected chi connectivity index (χ1v) is 11.5. The van der Waals surface area contributed by atoms with E-state index in [1.807, 2.05) is 0 Å². The molecule has 11 nitrogen and oxygen atoms in total. The van der Waals surface area contributed by atoms with E-state index in [-0.39, 0.29) is 12.0 Å². The van der Waals surface area contributed by atoms with Crippen LogP contribution in [0, 0.1) is 0 Å². The Morgan fingerprint density at radius 2 is 2.09 bits per heavy atom. The molecule has 3 rings (SSSR count). The van der Waals surface area contributed by atoms with Crippen molar-refractivity contribution in [2.24, 2.45) is 0 Å². The van der Waals surface area contributed by atoms with Gasteiger partial charge in [0.2, 0.25) is 0 Å². The van der Waals surface area contributed by atoms with Crippen molar-refractivity contribution >= 4 is 34.1 Å². The minimum absolute atomic E-state index is 0.0829. The van der Waals surface area contributed by atoms with Crippen LogP contribution in [0.3, 0.4) is 0 Å². The second-order valence-electron chi connectivity index (χ2n) is 8.90. The Hall–Kier alpha value is -2.44. The first-order chi connectivity index (χ1) is 15.5. The summed E-state index contributed by atoms with van der Waals surface area (Å²) < 4.78 is 17.9. The van der Waals surface area contributed by atoms with E-state index in [1.54, 1.807) is 20.8 Å². The van der Waals surface area contributed by atoms with Gasteiger partial charge in [-0.05, 0) is 44.7 Å². The van der Waals surface area contributed by atoms with Crippen LogP contribution in [0.4, 0.5) is 4.79 Å². The Labute approximate surface area is 198 Å². The van der Waals surface area contributed by atoms with E-state index in [0.717, 1.165) is 0 Å². The van der Waals surface area contributed by atoms with Crippen LogP contribution >= 0.6 is 15.9 Å². The molecule has 0 radical (unpaired) electrons. The molecule has 2 N–H and O–H groups in total. The summed E-state index contributed by atoms with van der Waals surface area (Å²) in [6.07, 6.45) is 0.778. The third kappa shape index (κ3) is 5.92. The van der Waals surface area contributed by atoms with Gasteiger partial charge in [0.25, 0.3) is 5.56 Å². The number of carbonyl (C=O) groups is 2. The van der Waals surface area contributed by atoms with Gasteiger partial charge in [0.1, 0.15) is 30.1 Å². The van der Waals surface area contributed by atoms with Crippen LogP contribution in [0.15, 0.2) is 20.8 Å². The number of aliphatic hydroxyl groups excluding tert-OH is 1. The maximum Gasteiger partial charge on any atom is 0.411 e. The van der Waals surface area contributed by atoms with Gasteiger partial charge in [0.05, 0.1) is 12.2 Å². The summed E-state index contributed by atoms with van der Waals surface area (Å²) in [6.45, 7) is 5.16. The van der Waals surface area contributed by atoms with Gasteiger partial charge in [-0.2, -0.15) is 0 Å². The summed E-state index contributed by atoms with van der Waals surface area (Å²) in [5, 5.41) is 9.74. The van der Waals surface area contributed by atoms with Crippen molar-refractivity contribution in [3.63, 3.8) is 0 Å². The molecule has 0 saturated carbocycles. The van der Waals surface area contributed by atoms with Gasteiger partial charge in [-0.15, -0.1) is 0 Å². The fourth-order valence-corrected chi connectivity index (χ4v) is 4.12. The monoisotopic (exact) mass is 529 g/mol. The van der Waals surface area contributed by atoms with Crippen LogP contribution in [0.25, 0.3) is 6.08 Å². The van der Waals surface area contributed by atoms with E-state index < -0.39 is 60.0 Å². The number of aliphatic hydroxyl groups is 1. The normalized spacial score (nSPS) is 25.5. The molecule has 0 unspecified atom stereocenters. The molecule has 2 aliphatic heterocycles. The van der Waals surface area contributed by atoms with Crippen molar-refractivity contribution in [1.82, 2.24) is 14.5 Å². The highest BCUT2D eigenvalue weighted by Crippen LogP contribution is 2.31. The largest absolute Gasteiger partial charge is 0.458 e. The van der Waals surface area contributed by atoms with E-state index >= 15 is 0 Å². The molecule has 1 aromatic heterocycles. The molecule has 1 aromatic rings. The second kappa shape index (κ2) is 10.2. The number of likely N-dealkylation sites (tertiary alicyclic amines) is 1. The fraction of sp³-hybridized carbons (Fsp3) is 0.619. The number of ether oxygens (including phenoxy) is 3. The van der Waals surface area contributed by atoms with Crippen LogP contribution in [-0.2, 0) is 19.0 Å². The number of aromatic nitrogens is 2. The highest BCUT2D eigenvalue weighted by molar-refractivity contribution is 9.11. The Morgan fingerprint density at radius 3 is 2.73 bits per heavy atom. The molecule has 4 atom stereocenters. The standard InChI is InChI=1S/C21H28BrN3O8/c1-21(2,3)33-20(30)24-8-4-5-13(24)18(28)32-14-9-16(31-15(14)11-26)25-10-12(6-7-22)17(27)23-19(25)29/h6-7,10,13-16,26H,4-5,8-9,11H2,1-3H3,(H,23,27,29)/b7-6+/t13-,14+,15-,16-/m1/s1. The van der Waals surface area contributed by atoms with Crippen molar-refractivity contribution in [3.8, 4) is 0 Å². The van der Waals surface area contributed by atoms with Crippen molar-refractivity contribution < 1.29 is 28.9 Å². The van der Waals surface area contributed by atoms with Gasteiger partial charge in [-0.3, -0.25) is 19.2 Å². The van der Waals surface area contributed by atoms with Gasteiger partial charge < -0.3 is 19.3 Å². The Bertz CT molecular complexity index is 1030. The van der Waals surface area contributed by atoms with Gasteiger partial charge in [0, 0.05) is 19.2 Å². The number of esters is 1. The third-order valence-corrected chi connectivity index (χ3v) is 5.59. The smallest absolute Gasteiger partial charge is 0.411 e. The summed E-state index contributed by atoms with van der Waals surface area (Å²) in [5.74, 6) is -0.622. The average Bonchev–Trinajstić information content (AvgIpc) is 3.36. The predicted octanol–water partition coefficient (Wildman–Crippen LogP) is 1.49. The lowest BCUT2D eigenvalue weighted by atomic mass is 10.1. The minimum atomic E-state index is -0.871. The van der Waals surface area contributed by atoms with Gasteiger partial charge >= 0.3 is 17.8 Å². The van der Waals surface area contributed by atoms with E-state index in [0.29, 0.717) is 19.4 Å². The highest BCUT2D eigenvalue weighted by Gasteiger charge is 2.43. The molecular weight excluding hydrogens is 502 g/mol. The van der Waals surface area contributed by atoms with Crippen LogP contribution in [0.5, 0.6) is 0 Å². The van der Waals surface area contributed by atoms with E-state index in [9.17, 15) is 24.3 Å². The zero-order chi connectivity index (χ0) is 24.3. The number of hydrogen-bond acceptors (Lipinski definition) is 8. The molecule has 0 bridgehead atoms. The molecule has 1 amide bonds. The highest BCUT2D eigenvalue weighted by atomic mass is 79.9. The summed E-state index contributed by atoms with van der Waals surface area (Å²) in [7, 11) is 0. The number of rotatable bonds is 5. The number of nitrogens with one attached hydrogen (secondary N) is 1. The lowest BCUT2D eigenvalue weighted by Crippen LogP contribution is -2.45. The van der Waals surface area contributed by atoms with E-state index in [1.165, 1.54) is 26.7 Å². The summed E-state index contributed by atoms with van der Waals surface area (Å²) >= 11 is 3.09. The van der Waals surface area contributed by atoms with Crippen LogP contribution in [0.1, 0.15) is 51.8 Å². The molecule has 2 saturated heterocycles. The van der Waals surface area contributed by atoms with Crippen molar-refractivity contribution in [2.45, 2.75) is 70.1 Å². The maximum absolute atomic E-state index is 12.9. The number of H-pyrrole nitrogens is 1. The quantitative estimate of drug-likeness (QED) is 0.546. The number of halogens is 1. The molecule has 0 aromatic carbocycles. The number of carbonyl (C=O) groups excluding carboxylic acids is 2. The summed E-state index contributed by atoms with van der Waals surface area (Å²) in [4.78, 5) is 54.6. The van der Waals surface area contributed by atoms with E-state index in [4.69, 9.17) is 14.2 Å².